The number of nitrogens with zero attached hydrogens (tertiary/aromatic N) is 2. The third kappa shape index (κ3) is 5.07. The molecule has 1 aromatic heterocycles. The van der Waals surface area contributed by atoms with E-state index in [1.54, 1.807) is 0 Å². The monoisotopic (exact) mass is 414 g/mol. The fourth-order valence-corrected chi connectivity index (χ4v) is 5.03. The van der Waals surface area contributed by atoms with Crippen molar-refractivity contribution in [2.24, 2.45) is 23.5 Å². The largest absolute Gasteiger partial charge is 0.357 e. The molecule has 2 atom stereocenters. The lowest BCUT2D eigenvalue weighted by atomic mass is 9.65. The lowest BCUT2D eigenvalue weighted by Crippen LogP contribution is -2.49. The van der Waals surface area contributed by atoms with Crippen LogP contribution in [0.5, 0.6) is 0 Å². The summed E-state index contributed by atoms with van der Waals surface area (Å²) in [5.74, 6) is 2.50. The molecule has 0 radical (unpaired) electrons. The zero-order valence-electron chi connectivity index (χ0n) is 15.8. The van der Waals surface area contributed by atoms with Crippen LogP contribution in [-0.4, -0.2) is 30.0 Å². The van der Waals surface area contributed by atoms with Crippen molar-refractivity contribution in [2.45, 2.75) is 57.5 Å². The summed E-state index contributed by atoms with van der Waals surface area (Å²) >= 11 is 0. The molecule has 7 heteroatoms. The van der Waals surface area contributed by atoms with Gasteiger partial charge in [0.15, 0.2) is 0 Å². The molecular formula is C20H32Cl2N4O. The van der Waals surface area contributed by atoms with Crippen LogP contribution in [0.1, 0.15) is 50.5 Å². The van der Waals surface area contributed by atoms with Crippen LogP contribution in [0.4, 0.5) is 5.82 Å². The molecule has 27 heavy (non-hydrogen) atoms. The molecule has 1 saturated heterocycles. The van der Waals surface area contributed by atoms with Crippen LogP contribution in [0.3, 0.4) is 0 Å². The number of pyridine rings is 1. The van der Waals surface area contributed by atoms with Gasteiger partial charge in [0.1, 0.15) is 5.82 Å². The number of carbonyl (C=O) groups is 1. The van der Waals surface area contributed by atoms with E-state index in [2.05, 4.69) is 21.3 Å². The van der Waals surface area contributed by atoms with Crippen molar-refractivity contribution in [2.75, 3.05) is 18.0 Å². The zero-order valence-corrected chi connectivity index (χ0v) is 17.4. The first-order valence-electron chi connectivity index (χ1n) is 9.94. The Kier molecular flexibility index (Phi) is 8.20. The first-order valence-corrected chi connectivity index (χ1v) is 9.94. The summed E-state index contributed by atoms with van der Waals surface area (Å²) in [6.07, 6.45) is 9.98. The molecule has 5 nitrogen and oxygen atoms in total. The normalized spacial score (nSPS) is 29.4. The second-order valence-electron chi connectivity index (χ2n) is 8.13. The van der Waals surface area contributed by atoms with Gasteiger partial charge in [0, 0.05) is 37.8 Å². The molecule has 2 saturated carbocycles. The fourth-order valence-electron chi connectivity index (χ4n) is 5.03. The molecule has 2 heterocycles. The third-order valence-electron chi connectivity index (χ3n) is 6.49. The first-order chi connectivity index (χ1) is 12.2. The van der Waals surface area contributed by atoms with Crippen molar-refractivity contribution >= 4 is 36.5 Å². The van der Waals surface area contributed by atoms with Gasteiger partial charge in [-0.1, -0.05) is 6.42 Å². The molecule has 1 aliphatic heterocycles. The van der Waals surface area contributed by atoms with Gasteiger partial charge in [-0.15, -0.1) is 24.8 Å². The highest BCUT2D eigenvalue weighted by Gasteiger charge is 2.40. The maximum atomic E-state index is 12.7. The van der Waals surface area contributed by atoms with E-state index in [0.717, 1.165) is 37.3 Å². The van der Waals surface area contributed by atoms with E-state index in [0.29, 0.717) is 24.4 Å². The summed E-state index contributed by atoms with van der Waals surface area (Å²) in [6.45, 7) is 2.78. The van der Waals surface area contributed by atoms with Crippen LogP contribution >= 0.6 is 24.8 Å². The van der Waals surface area contributed by atoms with E-state index >= 15 is 0 Å². The number of rotatable bonds is 4. The van der Waals surface area contributed by atoms with Crippen LogP contribution in [0, 0.1) is 17.8 Å². The zero-order chi connectivity index (χ0) is 17.2. The molecule has 2 unspecified atom stereocenters. The van der Waals surface area contributed by atoms with E-state index in [1.165, 1.54) is 32.1 Å². The van der Waals surface area contributed by atoms with Gasteiger partial charge in [-0.25, -0.2) is 4.98 Å². The maximum Gasteiger partial charge on any atom is 0.223 e. The molecular weight excluding hydrogens is 383 g/mol. The van der Waals surface area contributed by atoms with E-state index in [1.807, 2.05) is 12.3 Å². The molecule has 3 fully saturated rings. The number of halogens is 2. The van der Waals surface area contributed by atoms with Crippen molar-refractivity contribution in [3.8, 4) is 0 Å². The van der Waals surface area contributed by atoms with Gasteiger partial charge >= 0.3 is 0 Å². The number of fused-ring (bicyclic) bond motifs is 2. The number of aromatic nitrogens is 1. The predicted octanol–water partition coefficient (Wildman–Crippen LogP) is 3.30. The van der Waals surface area contributed by atoms with Crippen LogP contribution in [-0.2, 0) is 11.3 Å². The van der Waals surface area contributed by atoms with Crippen LogP contribution in [0.15, 0.2) is 18.3 Å². The predicted molar refractivity (Wildman–Crippen MR) is 114 cm³/mol. The van der Waals surface area contributed by atoms with Crippen molar-refractivity contribution in [3.05, 3.63) is 23.9 Å². The highest BCUT2D eigenvalue weighted by atomic mass is 35.5. The Bertz CT molecular complexity index is 610. The van der Waals surface area contributed by atoms with Crippen molar-refractivity contribution in [1.29, 1.82) is 0 Å². The highest BCUT2D eigenvalue weighted by Crippen LogP contribution is 2.41. The number of hydrogen-bond acceptors (Lipinski definition) is 4. The highest BCUT2D eigenvalue weighted by molar-refractivity contribution is 5.85. The molecule has 1 amide bonds. The third-order valence-corrected chi connectivity index (χ3v) is 6.49. The molecule has 3 aliphatic rings. The minimum Gasteiger partial charge on any atom is -0.357 e. The van der Waals surface area contributed by atoms with Gasteiger partial charge in [0.25, 0.3) is 0 Å². The summed E-state index contributed by atoms with van der Waals surface area (Å²) < 4.78 is 0. The molecule has 0 spiro atoms. The van der Waals surface area contributed by atoms with E-state index in [-0.39, 0.29) is 36.6 Å². The van der Waals surface area contributed by atoms with Crippen molar-refractivity contribution in [1.82, 2.24) is 10.3 Å². The fraction of sp³-hybridized carbons (Fsp3) is 0.700. The molecule has 152 valence electrons. The second-order valence-corrected chi connectivity index (χ2v) is 8.13. The number of hydrogen-bond donors (Lipinski definition) is 2. The number of anilines is 1. The number of amides is 1. The Morgan fingerprint density at radius 2 is 1.81 bits per heavy atom. The Hall–Kier alpha value is -1.04. The quantitative estimate of drug-likeness (QED) is 0.792. The molecule has 3 N–H and O–H groups in total. The Balaban J connectivity index is 0.00000131. The molecule has 1 aromatic rings. The minimum absolute atomic E-state index is 0. The van der Waals surface area contributed by atoms with Gasteiger partial charge in [0.2, 0.25) is 5.91 Å². The Labute approximate surface area is 174 Å². The Morgan fingerprint density at radius 1 is 1.15 bits per heavy atom. The van der Waals surface area contributed by atoms with Crippen molar-refractivity contribution < 1.29 is 4.79 Å². The van der Waals surface area contributed by atoms with E-state index < -0.39 is 0 Å². The molecule has 2 aliphatic carbocycles. The van der Waals surface area contributed by atoms with Crippen LogP contribution in [0.25, 0.3) is 0 Å². The lowest BCUT2D eigenvalue weighted by molar-refractivity contribution is -0.128. The average molecular weight is 415 g/mol. The SMILES string of the molecule is Cl.Cl.NC1C2CCCC1CC(C(=O)NCc1ccnc(N3CCCC3)c1)C2. The summed E-state index contributed by atoms with van der Waals surface area (Å²) in [5, 5.41) is 3.16. The minimum atomic E-state index is 0. The molecule has 4 rings (SSSR count). The maximum absolute atomic E-state index is 12.7. The molecule has 0 aromatic carbocycles. The number of nitrogens with two attached hydrogens (primary N) is 1. The number of carbonyl (C=O) groups excluding carboxylic acids is 1. The first kappa shape index (κ1) is 22.3. The van der Waals surface area contributed by atoms with Crippen LogP contribution < -0.4 is 16.0 Å². The van der Waals surface area contributed by atoms with Gasteiger partial charge in [-0.3, -0.25) is 4.79 Å². The smallest absolute Gasteiger partial charge is 0.223 e. The topological polar surface area (TPSA) is 71.2 Å². The standard InChI is InChI=1S/C20H30N4O.2ClH/c21-19-15-4-3-5-16(19)12-17(11-15)20(25)23-13-14-6-7-22-18(10-14)24-8-1-2-9-24;;/h6-7,10,15-17,19H,1-5,8-9,11-13,21H2,(H,23,25);2*1H. The van der Waals surface area contributed by atoms with E-state index in [4.69, 9.17) is 5.73 Å². The lowest BCUT2D eigenvalue weighted by Gasteiger charge is -2.43. The van der Waals surface area contributed by atoms with E-state index in [9.17, 15) is 4.79 Å². The second kappa shape index (κ2) is 9.94. The summed E-state index contributed by atoms with van der Waals surface area (Å²) in [6, 6.07) is 4.45. The van der Waals surface area contributed by atoms with Gasteiger partial charge in [-0.2, -0.15) is 0 Å². The summed E-state index contributed by atoms with van der Waals surface area (Å²) in [5.41, 5.74) is 7.48. The van der Waals surface area contributed by atoms with Crippen LogP contribution in [0.2, 0.25) is 0 Å². The van der Waals surface area contributed by atoms with Gasteiger partial charge < -0.3 is 16.0 Å². The number of nitrogens with one attached hydrogen (secondary N) is 1. The average Bonchev–Trinajstić information content (AvgIpc) is 3.14. The Morgan fingerprint density at radius 3 is 2.48 bits per heavy atom. The summed E-state index contributed by atoms with van der Waals surface area (Å²) in [7, 11) is 0. The summed E-state index contributed by atoms with van der Waals surface area (Å²) in [4.78, 5) is 19.5. The van der Waals surface area contributed by atoms with Crippen molar-refractivity contribution in [3.63, 3.8) is 0 Å². The molecule has 2 bridgehead atoms. The van der Waals surface area contributed by atoms with Gasteiger partial charge in [-0.05, 0) is 68.1 Å². The van der Waals surface area contributed by atoms with Gasteiger partial charge in [0.05, 0.1) is 0 Å².